The molecular formula is C39H57ClF2N2O8. The summed E-state index contributed by atoms with van der Waals surface area (Å²) in [6.45, 7) is 25.7. The number of carbonyl (C=O) groups is 2. The third kappa shape index (κ3) is 13.6. The molecule has 10 nitrogen and oxygen atoms in total. The normalized spacial score (nSPS) is 11.7. The maximum Gasteiger partial charge on any atom is 0.419 e. The highest BCUT2D eigenvalue weighted by Gasteiger charge is 2.25. The second-order valence-electron chi connectivity index (χ2n) is 15.2. The van der Waals surface area contributed by atoms with Crippen molar-refractivity contribution in [1.82, 2.24) is 9.13 Å². The number of halogens is 3. The molecule has 2 heterocycles. The average Bonchev–Trinajstić information content (AvgIpc) is 3.59. The van der Waals surface area contributed by atoms with Crippen molar-refractivity contribution < 1.29 is 47.2 Å². The fourth-order valence-electron chi connectivity index (χ4n) is 4.30. The minimum Gasteiger partial charge on any atom is -0.487 e. The number of aromatic nitrogens is 2. The molecule has 2 aromatic carbocycles. The van der Waals surface area contributed by atoms with Crippen LogP contribution in [-0.4, -0.2) is 69.7 Å². The molecule has 0 bridgehead atoms. The number of fused-ring (bicyclic) bond motifs is 2. The quantitative estimate of drug-likeness (QED) is 0.219. The maximum atomic E-state index is 14.6. The molecule has 0 amide bonds. The van der Waals surface area contributed by atoms with E-state index in [-0.39, 0.29) is 40.1 Å². The Kier molecular flexibility index (Phi) is 16.6. The number of nitrogens with zero attached hydrogens (tertiary/aromatic N) is 2. The van der Waals surface area contributed by atoms with Gasteiger partial charge in [0.05, 0.1) is 33.9 Å². The molecule has 13 heteroatoms. The summed E-state index contributed by atoms with van der Waals surface area (Å²) in [5.41, 5.74) is -0.0267. The molecule has 0 atom stereocenters. The third-order valence-corrected chi connectivity index (χ3v) is 6.78. The van der Waals surface area contributed by atoms with Gasteiger partial charge in [-0.2, -0.15) is 0 Å². The zero-order chi connectivity index (χ0) is 40.5. The lowest BCUT2D eigenvalue weighted by Crippen LogP contribution is -2.24. The molecule has 1 N–H and O–H groups in total. The lowest BCUT2D eigenvalue weighted by Gasteiger charge is -2.22. The summed E-state index contributed by atoms with van der Waals surface area (Å²) in [4.78, 5) is 24.2. The minimum atomic E-state index is -0.741. The molecule has 0 spiro atoms. The predicted octanol–water partition coefficient (Wildman–Crippen LogP) is 10.7. The van der Waals surface area contributed by atoms with Crippen LogP contribution >= 0.6 is 11.6 Å². The minimum absolute atomic E-state index is 0.0116. The molecule has 4 rings (SSSR count). The van der Waals surface area contributed by atoms with Crippen LogP contribution in [0.2, 0.25) is 5.02 Å². The average molecular weight is 755 g/mol. The Balaban J connectivity index is 0.000000433. The molecule has 0 saturated heterocycles. The number of carbonyl (C=O) groups excluding carboxylic acids is 2. The van der Waals surface area contributed by atoms with Crippen LogP contribution in [0.1, 0.15) is 95.7 Å². The molecule has 0 aliphatic heterocycles. The number of hydrogen-bond donors (Lipinski definition) is 1. The van der Waals surface area contributed by atoms with E-state index in [2.05, 4.69) is 0 Å². The summed E-state index contributed by atoms with van der Waals surface area (Å²) in [6, 6.07) is 7.74. The molecule has 0 aliphatic carbocycles. The molecule has 0 saturated carbocycles. The van der Waals surface area contributed by atoms with Crippen LogP contribution in [0.3, 0.4) is 0 Å². The summed E-state index contributed by atoms with van der Waals surface area (Å²) in [6.07, 6.45) is -0.0391. The van der Waals surface area contributed by atoms with Gasteiger partial charge in [0.25, 0.3) is 0 Å². The maximum absolute atomic E-state index is 14.6. The molecule has 2 aromatic heterocycles. The Bertz CT molecular complexity index is 1790. The van der Waals surface area contributed by atoms with Crippen LogP contribution < -0.4 is 9.47 Å². The van der Waals surface area contributed by atoms with Crippen LogP contribution in [0.25, 0.3) is 21.8 Å². The zero-order valence-electron chi connectivity index (χ0n) is 33.5. The van der Waals surface area contributed by atoms with Crippen LogP contribution in [-0.2, 0) is 14.2 Å². The summed E-state index contributed by atoms with van der Waals surface area (Å²) in [5.74, 6) is -1.02. The van der Waals surface area contributed by atoms with Gasteiger partial charge in [-0.3, -0.25) is 4.57 Å². The number of ether oxygens (including phenoxy) is 5. The van der Waals surface area contributed by atoms with E-state index in [1.807, 2.05) is 61.5 Å². The topological polar surface area (TPSA) is 110 Å². The van der Waals surface area contributed by atoms with Crippen LogP contribution in [0, 0.1) is 18.6 Å². The first-order valence-electron chi connectivity index (χ1n) is 16.9. The van der Waals surface area contributed by atoms with Crippen molar-refractivity contribution in [3.63, 3.8) is 0 Å². The summed E-state index contributed by atoms with van der Waals surface area (Å²) in [7, 11) is 2.71. The van der Waals surface area contributed by atoms with Gasteiger partial charge < -0.3 is 28.8 Å². The highest BCUT2D eigenvalue weighted by molar-refractivity contribution is 6.37. The van der Waals surface area contributed by atoms with Gasteiger partial charge in [0.1, 0.15) is 17.0 Å². The molecule has 292 valence electrons. The fraction of sp³-hybridized carbons (Fsp3) is 0.538. The molecule has 0 aliphatic rings. The van der Waals surface area contributed by atoms with E-state index in [4.69, 9.17) is 40.4 Å². The Morgan fingerprint density at radius 1 is 0.750 bits per heavy atom. The van der Waals surface area contributed by atoms with E-state index in [1.54, 1.807) is 67.0 Å². The fourth-order valence-corrected chi connectivity index (χ4v) is 4.56. The number of aliphatic hydroxyl groups excluding tert-OH is 1. The molecule has 52 heavy (non-hydrogen) atoms. The van der Waals surface area contributed by atoms with Gasteiger partial charge in [0.15, 0.2) is 17.4 Å². The third-order valence-electron chi connectivity index (χ3n) is 6.39. The second kappa shape index (κ2) is 18.8. The Hall–Kier alpha value is -3.87. The van der Waals surface area contributed by atoms with E-state index in [0.29, 0.717) is 22.0 Å². The summed E-state index contributed by atoms with van der Waals surface area (Å²) in [5, 5.41) is 8.25. The van der Waals surface area contributed by atoms with Gasteiger partial charge in [0.2, 0.25) is 0 Å². The number of hydrogen-bond acceptors (Lipinski definition) is 8. The van der Waals surface area contributed by atoms with E-state index >= 15 is 0 Å². The molecule has 0 fully saturated rings. The first-order valence-corrected chi connectivity index (χ1v) is 17.2. The lowest BCUT2D eigenvalue weighted by molar-refractivity contribution is 0.0397. The molecule has 0 radical (unpaired) electrons. The number of aryl methyl sites for hydroxylation is 1. The van der Waals surface area contributed by atoms with Gasteiger partial charge >= 0.3 is 12.2 Å². The van der Waals surface area contributed by atoms with Crippen molar-refractivity contribution >= 4 is 45.6 Å². The Labute approximate surface area is 311 Å². The van der Waals surface area contributed by atoms with Crippen molar-refractivity contribution in [3.8, 4) is 11.5 Å². The number of rotatable bonds is 4. The molecule has 4 aromatic rings. The smallest absolute Gasteiger partial charge is 0.419 e. The zero-order valence-corrected chi connectivity index (χ0v) is 34.2. The van der Waals surface area contributed by atoms with Gasteiger partial charge in [0, 0.05) is 42.9 Å². The number of methoxy groups -OCH3 is 1. The molecular weight excluding hydrogens is 698 g/mol. The van der Waals surface area contributed by atoms with Gasteiger partial charge in [-0.1, -0.05) is 11.6 Å². The Morgan fingerprint density at radius 2 is 1.23 bits per heavy atom. The van der Waals surface area contributed by atoms with E-state index in [0.717, 1.165) is 23.1 Å². The Morgan fingerprint density at radius 3 is 1.69 bits per heavy atom. The largest absolute Gasteiger partial charge is 0.487 e. The highest BCUT2D eigenvalue weighted by atomic mass is 35.5. The standard InChI is InChI=1S/C17H21F2NO3.C16H20ClNO3.C5H12O.CH4O/c1-9(2)22-16(21)20-10(3)7-11-14(19)13(23-17(4,5)6)8-12(18)15(11)20;1-10(2)20-15(19)18-9-8-11-12(18)6-7-13(14(11)17)21-16(3,4)5;1-5(2,3)6-4;1-2/h7-9H,1-6H3;6-10H,1-5H3;1-4H3;2H,1H3. The van der Waals surface area contributed by atoms with Crippen molar-refractivity contribution in [2.24, 2.45) is 0 Å². The summed E-state index contributed by atoms with van der Waals surface area (Å²) < 4.78 is 58.1. The first kappa shape index (κ1) is 46.2. The van der Waals surface area contributed by atoms with Crippen molar-refractivity contribution in [1.29, 1.82) is 0 Å². The van der Waals surface area contributed by atoms with Gasteiger partial charge in [-0.05, 0) is 121 Å². The number of benzene rings is 2. The van der Waals surface area contributed by atoms with E-state index in [9.17, 15) is 18.4 Å². The van der Waals surface area contributed by atoms with Crippen LogP contribution in [0.4, 0.5) is 18.4 Å². The van der Waals surface area contributed by atoms with E-state index < -0.39 is 29.4 Å². The number of aliphatic hydroxyl groups is 1. The van der Waals surface area contributed by atoms with Crippen molar-refractivity contribution in [3.05, 3.63) is 58.9 Å². The van der Waals surface area contributed by atoms with Gasteiger partial charge in [-0.15, -0.1) is 0 Å². The van der Waals surface area contributed by atoms with Crippen molar-refractivity contribution in [2.45, 2.75) is 126 Å². The summed E-state index contributed by atoms with van der Waals surface area (Å²) >= 11 is 6.38. The predicted molar refractivity (Wildman–Crippen MR) is 203 cm³/mol. The monoisotopic (exact) mass is 754 g/mol. The van der Waals surface area contributed by atoms with Crippen molar-refractivity contribution in [2.75, 3.05) is 14.2 Å². The lowest BCUT2D eigenvalue weighted by atomic mass is 10.1. The molecule has 0 unspecified atom stereocenters. The first-order chi connectivity index (χ1) is 23.8. The second-order valence-corrected chi connectivity index (χ2v) is 15.5. The van der Waals surface area contributed by atoms with Gasteiger partial charge in [-0.25, -0.2) is 22.9 Å². The van der Waals surface area contributed by atoms with Crippen LogP contribution in [0.5, 0.6) is 11.5 Å². The highest BCUT2D eigenvalue weighted by Crippen LogP contribution is 2.36. The SMILES string of the molecule is CC(C)OC(=O)n1ccc2c(Cl)c(OC(C)(C)C)ccc21.CO.COC(C)(C)C.Cc1cc2c(F)c(OC(C)(C)C)cc(F)c2n1C(=O)OC(C)C. The van der Waals surface area contributed by atoms with E-state index in [1.165, 1.54) is 10.6 Å². The van der Waals surface area contributed by atoms with Crippen LogP contribution in [0.15, 0.2) is 36.5 Å².